The molecule has 4 aromatic rings. The third kappa shape index (κ3) is 6.28. The van der Waals surface area contributed by atoms with Gasteiger partial charge in [0.05, 0.1) is 20.2 Å². The Hall–Kier alpha value is -3.78. The minimum absolute atomic E-state index is 0.164. The number of tetrazole rings is 1. The fourth-order valence-electron chi connectivity index (χ4n) is 3.00. The molecular weight excluding hydrogens is 598 g/mol. The molecule has 4 N–H and O–H groups in total. The van der Waals surface area contributed by atoms with Crippen LogP contribution in [0.3, 0.4) is 0 Å². The minimum Gasteiger partial charge on any atom is -0.478 e. The summed E-state index contributed by atoms with van der Waals surface area (Å²) < 4.78 is 78.8. The van der Waals surface area contributed by atoms with Gasteiger partial charge < -0.3 is 5.11 Å². The molecule has 0 atom stereocenters. The Morgan fingerprint density at radius 2 is 1.26 bits per heavy atom. The summed E-state index contributed by atoms with van der Waals surface area (Å²) in [5.74, 6) is -1.18. The third-order valence-corrected chi connectivity index (χ3v) is 9.58. The topological polar surface area (TPSA) is 221 Å². The van der Waals surface area contributed by atoms with Crippen molar-refractivity contribution in [1.82, 2.24) is 34.8 Å². The molecule has 1 heterocycles. The first-order chi connectivity index (χ1) is 18.3. The molecule has 0 saturated carbocycles. The smallest absolute Gasteiger partial charge is 0.335 e. The van der Waals surface area contributed by atoms with Gasteiger partial charge in [0.2, 0.25) is 5.82 Å². The summed E-state index contributed by atoms with van der Waals surface area (Å²) >= 11 is 5.79. The van der Waals surface area contributed by atoms with E-state index in [1.165, 1.54) is 24.3 Å². The number of carboxylic acid groups (broad SMARTS) is 1. The standard InChI is InChI=1S/C20H16ClN7O8S3/c21-15-5-11-17(12-6-15)38(33,34)27-28(39(35,36)18-9-3-14(4-10-18)20(29)30)26-37(31,32)16-7-1-13(2-8-16)19-22-24-25-23-19/h1-12,26-27H,(H,29,30)(H,22,23,24,25). The molecular formula is C20H16ClN7O8S3. The number of rotatable bonds is 10. The van der Waals surface area contributed by atoms with E-state index in [9.17, 15) is 30.0 Å². The lowest BCUT2D eigenvalue weighted by Gasteiger charge is -2.23. The highest BCUT2D eigenvalue weighted by molar-refractivity contribution is 7.93. The highest BCUT2D eigenvalue weighted by atomic mass is 35.5. The van der Waals surface area contributed by atoms with Crippen LogP contribution in [0.1, 0.15) is 10.4 Å². The number of carbonyl (C=O) groups is 1. The molecule has 204 valence electrons. The Morgan fingerprint density at radius 1 is 0.769 bits per heavy atom. The quantitative estimate of drug-likeness (QED) is 0.185. The van der Waals surface area contributed by atoms with Gasteiger partial charge in [-0.3, -0.25) is 0 Å². The molecule has 39 heavy (non-hydrogen) atoms. The number of aromatic amines is 1. The number of nitrogens with one attached hydrogen (secondary N) is 3. The summed E-state index contributed by atoms with van der Waals surface area (Å²) in [5, 5.41) is 22.4. The van der Waals surface area contributed by atoms with E-state index in [4.69, 9.17) is 16.7 Å². The molecule has 0 aliphatic heterocycles. The van der Waals surface area contributed by atoms with Gasteiger partial charge in [0.1, 0.15) is 0 Å². The number of nitrogens with zero attached hydrogens (tertiary/aromatic N) is 4. The van der Waals surface area contributed by atoms with Gasteiger partial charge in [0.15, 0.2) is 0 Å². The second-order valence-corrected chi connectivity index (χ2v) is 13.0. The molecule has 0 aliphatic carbocycles. The summed E-state index contributed by atoms with van der Waals surface area (Å²) in [6.07, 6.45) is 0. The second kappa shape index (κ2) is 10.8. The van der Waals surface area contributed by atoms with Crippen LogP contribution in [0.25, 0.3) is 11.4 Å². The van der Waals surface area contributed by atoms with Gasteiger partial charge in [-0.2, -0.15) is 5.21 Å². The second-order valence-electron chi connectivity index (χ2n) is 7.50. The van der Waals surface area contributed by atoms with E-state index in [0.717, 1.165) is 48.5 Å². The Balaban J connectivity index is 1.73. The Kier molecular flexibility index (Phi) is 7.80. The van der Waals surface area contributed by atoms with Crippen LogP contribution in [-0.2, 0) is 30.1 Å². The Morgan fingerprint density at radius 3 is 1.72 bits per heavy atom. The fraction of sp³-hybridized carbons (Fsp3) is 0. The number of benzene rings is 3. The highest BCUT2D eigenvalue weighted by Gasteiger charge is 2.34. The number of hydrogen-bond donors (Lipinski definition) is 4. The van der Waals surface area contributed by atoms with E-state index >= 15 is 0 Å². The largest absolute Gasteiger partial charge is 0.478 e. The summed E-state index contributed by atoms with van der Waals surface area (Å²) in [6.45, 7) is 0. The van der Waals surface area contributed by atoms with Gasteiger partial charge in [-0.25, -0.2) is 30.0 Å². The lowest BCUT2D eigenvalue weighted by Crippen LogP contribution is -2.55. The van der Waals surface area contributed by atoms with E-state index in [1.54, 1.807) is 9.66 Å². The molecule has 3 aromatic carbocycles. The zero-order valence-corrected chi connectivity index (χ0v) is 22.3. The molecule has 0 bridgehead atoms. The molecule has 1 aromatic heterocycles. The third-order valence-electron chi connectivity index (χ3n) is 4.94. The Labute approximate surface area is 226 Å². The van der Waals surface area contributed by atoms with Gasteiger partial charge in [-0.15, -0.1) is 19.9 Å². The zero-order chi connectivity index (χ0) is 28.4. The van der Waals surface area contributed by atoms with Crippen LogP contribution in [0.2, 0.25) is 5.02 Å². The molecule has 0 fully saturated rings. The van der Waals surface area contributed by atoms with E-state index in [2.05, 4.69) is 20.6 Å². The van der Waals surface area contributed by atoms with Crippen LogP contribution >= 0.6 is 11.6 Å². The first kappa shape index (κ1) is 28.2. The number of aromatic carboxylic acids is 1. The maximum atomic E-state index is 13.4. The van der Waals surface area contributed by atoms with Gasteiger partial charge in [-0.1, -0.05) is 11.6 Å². The van der Waals surface area contributed by atoms with E-state index in [0.29, 0.717) is 5.56 Å². The van der Waals surface area contributed by atoms with Gasteiger partial charge in [0.25, 0.3) is 30.1 Å². The van der Waals surface area contributed by atoms with Gasteiger partial charge in [0, 0.05) is 10.6 Å². The van der Waals surface area contributed by atoms with Crippen molar-refractivity contribution in [1.29, 1.82) is 0 Å². The minimum atomic E-state index is -4.98. The fourth-order valence-corrected chi connectivity index (χ4v) is 6.97. The summed E-state index contributed by atoms with van der Waals surface area (Å²) in [6, 6.07) is 13.1. The molecule has 4 rings (SSSR count). The summed E-state index contributed by atoms with van der Waals surface area (Å²) in [4.78, 5) is 13.1. The van der Waals surface area contributed by atoms with Crippen LogP contribution in [0.5, 0.6) is 0 Å². The SMILES string of the molecule is O=C(O)c1ccc(S(=O)(=O)N(NS(=O)(=O)c2ccc(Cl)cc2)NS(=O)(=O)c2ccc(-c3nn[nH]n3)cc2)cc1. The van der Waals surface area contributed by atoms with Crippen LogP contribution in [-0.4, -0.2) is 61.5 Å². The lowest BCUT2D eigenvalue weighted by atomic mass is 10.2. The molecule has 0 radical (unpaired) electrons. The number of carboxylic acids is 1. The normalized spacial score (nSPS) is 12.5. The summed E-state index contributed by atoms with van der Waals surface area (Å²) in [5.41, 5.74) is 0.124. The van der Waals surface area contributed by atoms with Gasteiger partial charge in [-0.05, 0) is 82.5 Å². The predicted molar refractivity (Wildman–Crippen MR) is 134 cm³/mol. The zero-order valence-electron chi connectivity index (χ0n) is 19.1. The van der Waals surface area contributed by atoms with Crippen molar-refractivity contribution < 1.29 is 35.2 Å². The maximum absolute atomic E-state index is 13.4. The van der Waals surface area contributed by atoms with Crippen molar-refractivity contribution in [3.8, 4) is 11.4 Å². The first-order valence-electron chi connectivity index (χ1n) is 10.3. The lowest BCUT2D eigenvalue weighted by molar-refractivity contribution is 0.0696. The van der Waals surface area contributed by atoms with Crippen molar-refractivity contribution in [3.63, 3.8) is 0 Å². The number of halogens is 1. The van der Waals surface area contributed by atoms with Crippen molar-refractivity contribution in [2.24, 2.45) is 0 Å². The molecule has 19 heteroatoms. The average molecular weight is 614 g/mol. The predicted octanol–water partition coefficient (Wildman–Crippen LogP) is 0.996. The number of aromatic nitrogens is 4. The molecule has 0 unspecified atom stereocenters. The number of hydrazine groups is 2. The first-order valence-corrected chi connectivity index (χ1v) is 15.1. The molecule has 0 amide bonds. The van der Waals surface area contributed by atoms with Crippen LogP contribution < -0.4 is 9.66 Å². The molecule has 0 aliphatic rings. The van der Waals surface area contributed by atoms with E-state index in [-0.39, 0.29) is 20.9 Å². The van der Waals surface area contributed by atoms with Crippen molar-refractivity contribution in [2.45, 2.75) is 14.7 Å². The van der Waals surface area contributed by atoms with Crippen LogP contribution in [0.15, 0.2) is 87.5 Å². The van der Waals surface area contributed by atoms with Crippen molar-refractivity contribution in [2.75, 3.05) is 0 Å². The number of sulfonamides is 3. The van der Waals surface area contributed by atoms with Crippen LogP contribution in [0, 0.1) is 0 Å². The van der Waals surface area contributed by atoms with Gasteiger partial charge >= 0.3 is 5.97 Å². The Bertz CT molecular complexity index is 1810. The molecule has 0 spiro atoms. The molecule has 0 saturated heterocycles. The number of hydrogen-bond acceptors (Lipinski definition) is 10. The van der Waals surface area contributed by atoms with Crippen molar-refractivity contribution >= 4 is 47.6 Å². The molecule has 15 nitrogen and oxygen atoms in total. The van der Waals surface area contributed by atoms with Crippen LogP contribution in [0.4, 0.5) is 0 Å². The monoisotopic (exact) mass is 613 g/mol. The average Bonchev–Trinajstić information content (AvgIpc) is 3.44. The maximum Gasteiger partial charge on any atom is 0.335 e. The summed E-state index contributed by atoms with van der Waals surface area (Å²) in [7, 11) is -14.4. The highest BCUT2D eigenvalue weighted by Crippen LogP contribution is 2.21. The van der Waals surface area contributed by atoms with E-state index < -0.39 is 50.7 Å². The number of H-pyrrole nitrogens is 1. The van der Waals surface area contributed by atoms with E-state index in [1.807, 2.05) is 0 Å². The van der Waals surface area contributed by atoms with Crippen molar-refractivity contribution in [3.05, 3.63) is 83.4 Å².